The Morgan fingerprint density at radius 3 is 2.71 bits per heavy atom. The SMILES string of the molecule is CCOC(=O)CC1=C(C2=CCCCC2)C(=O)[C@H](CC(=O)C#Cc2ccccc2OC)C1. The summed E-state index contributed by atoms with van der Waals surface area (Å²) in [5.41, 5.74) is 3.10. The van der Waals surface area contributed by atoms with Crippen LogP contribution in [0.15, 0.2) is 47.1 Å². The van der Waals surface area contributed by atoms with Crippen LogP contribution in [-0.4, -0.2) is 31.3 Å². The van der Waals surface area contributed by atoms with Gasteiger partial charge in [0.15, 0.2) is 5.78 Å². The molecule has 162 valence electrons. The first-order valence-electron chi connectivity index (χ1n) is 10.8. The summed E-state index contributed by atoms with van der Waals surface area (Å²) in [5.74, 6) is 4.96. The third kappa shape index (κ3) is 5.73. The number of ether oxygens (including phenoxy) is 2. The lowest BCUT2D eigenvalue weighted by atomic mass is 9.89. The topological polar surface area (TPSA) is 69.7 Å². The van der Waals surface area contributed by atoms with Gasteiger partial charge in [-0.1, -0.05) is 24.1 Å². The summed E-state index contributed by atoms with van der Waals surface area (Å²) in [6, 6.07) is 7.23. The number of para-hydroxylation sites is 1. The van der Waals surface area contributed by atoms with E-state index in [2.05, 4.69) is 17.9 Å². The molecule has 0 saturated heterocycles. The first-order valence-corrected chi connectivity index (χ1v) is 10.8. The number of ketones is 2. The Labute approximate surface area is 183 Å². The highest BCUT2D eigenvalue weighted by Gasteiger charge is 2.36. The fourth-order valence-corrected chi connectivity index (χ4v) is 4.19. The second-order valence-corrected chi connectivity index (χ2v) is 7.78. The minimum atomic E-state index is -0.471. The molecule has 1 atom stereocenters. The Balaban J connectivity index is 1.75. The van der Waals surface area contributed by atoms with Gasteiger partial charge in [0.05, 0.1) is 25.7 Å². The van der Waals surface area contributed by atoms with Crippen LogP contribution in [0, 0.1) is 17.8 Å². The number of esters is 1. The maximum Gasteiger partial charge on any atom is 0.309 e. The summed E-state index contributed by atoms with van der Waals surface area (Å²) in [6.45, 7) is 2.07. The number of hydrogen-bond donors (Lipinski definition) is 0. The number of rotatable bonds is 7. The number of methoxy groups -OCH3 is 1. The summed E-state index contributed by atoms with van der Waals surface area (Å²) >= 11 is 0. The van der Waals surface area contributed by atoms with Gasteiger partial charge in [0.1, 0.15) is 5.75 Å². The second-order valence-electron chi connectivity index (χ2n) is 7.78. The number of carbonyl (C=O) groups is 3. The van der Waals surface area contributed by atoms with Crippen LogP contribution >= 0.6 is 0 Å². The number of benzene rings is 1. The molecule has 0 N–H and O–H groups in total. The third-order valence-electron chi connectivity index (χ3n) is 5.61. The van der Waals surface area contributed by atoms with Crippen molar-refractivity contribution >= 4 is 17.5 Å². The lowest BCUT2D eigenvalue weighted by Crippen LogP contribution is -2.15. The average molecular weight is 421 g/mol. The van der Waals surface area contributed by atoms with Crippen molar-refractivity contribution in [1.82, 2.24) is 0 Å². The van der Waals surface area contributed by atoms with Crippen LogP contribution in [0.2, 0.25) is 0 Å². The number of allylic oxidation sites excluding steroid dienone is 3. The van der Waals surface area contributed by atoms with Crippen molar-refractivity contribution in [2.45, 2.75) is 51.9 Å². The van der Waals surface area contributed by atoms with Crippen LogP contribution in [-0.2, 0) is 19.1 Å². The van der Waals surface area contributed by atoms with Crippen LogP contribution in [0.3, 0.4) is 0 Å². The molecule has 2 aliphatic rings. The largest absolute Gasteiger partial charge is 0.495 e. The van der Waals surface area contributed by atoms with Crippen LogP contribution < -0.4 is 4.74 Å². The molecule has 2 aliphatic carbocycles. The van der Waals surface area contributed by atoms with E-state index in [-0.39, 0.29) is 30.4 Å². The van der Waals surface area contributed by atoms with E-state index in [0.29, 0.717) is 29.9 Å². The molecule has 1 aromatic carbocycles. The molecular weight excluding hydrogens is 392 g/mol. The van der Waals surface area contributed by atoms with Crippen LogP contribution in [0.1, 0.15) is 57.4 Å². The Morgan fingerprint density at radius 1 is 1.19 bits per heavy atom. The molecule has 1 aromatic rings. The van der Waals surface area contributed by atoms with Crippen molar-refractivity contribution in [1.29, 1.82) is 0 Å². The summed E-state index contributed by atoms with van der Waals surface area (Å²) < 4.78 is 10.4. The van der Waals surface area contributed by atoms with Gasteiger partial charge in [-0.15, -0.1) is 0 Å². The molecule has 0 amide bonds. The molecule has 0 saturated carbocycles. The van der Waals surface area contributed by atoms with Gasteiger partial charge in [-0.2, -0.15) is 0 Å². The second kappa shape index (κ2) is 10.8. The zero-order chi connectivity index (χ0) is 22.2. The standard InChI is InChI=1S/C26H28O5/c1-3-31-24(28)17-20-15-21(26(29)25(20)19-10-5-4-6-11-19)16-22(27)14-13-18-9-7-8-12-23(18)30-2/h7-10,12,21H,3-6,11,15-17H2,1-2H3/t21-/m0/s1. The minimum absolute atomic E-state index is 0.0418. The molecule has 0 spiro atoms. The highest BCUT2D eigenvalue weighted by atomic mass is 16.5. The molecule has 0 aromatic heterocycles. The molecule has 0 unspecified atom stereocenters. The monoisotopic (exact) mass is 420 g/mol. The molecule has 0 heterocycles. The van der Waals surface area contributed by atoms with Crippen LogP contribution in [0.4, 0.5) is 0 Å². The van der Waals surface area contributed by atoms with Crippen molar-refractivity contribution in [2.24, 2.45) is 5.92 Å². The van der Waals surface area contributed by atoms with E-state index in [1.165, 1.54) is 0 Å². The third-order valence-corrected chi connectivity index (χ3v) is 5.61. The maximum atomic E-state index is 13.2. The average Bonchev–Trinajstić information content (AvgIpc) is 3.07. The van der Waals surface area contributed by atoms with Gasteiger partial charge in [0.25, 0.3) is 0 Å². The highest BCUT2D eigenvalue weighted by Crippen LogP contribution is 2.39. The maximum absolute atomic E-state index is 13.2. The predicted molar refractivity (Wildman–Crippen MR) is 117 cm³/mol. The number of carbonyl (C=O) groups excluding carboxylic acids is 3. The van der Waals surface area contributed by atoms with Crippen molar-refractivity contribution in [3.05, 3.63) is 52.6 Å². The molecule has 0 radical (unpaired) electrons. The zero-order valence-electron chi connectivity index (χ0n) is 18.2. The molecular formula is C26H28O5. The Morgan fingerprint density at radius 2 is 2.00 bits per heavy atom. The van der Waals surface area contributed by atoms with Gasteiger partial charge in [-0.25, -0.2) is 0 Å². The molecule has 0 fully saturated rings. The van der Waals surface area contributed by atoms with E-state index in [4.69, 9.17) is 9.47 Å². The van der Waals surface area contributed by atoms with Crippen LogP contribution in [0.5, 0.6) is 5.75 Å². The van der Waals surface area contributed by atoms with Gasteiger partial charge in [0, 0.05) is 17.9 Å². The van der Waals surface area contributed by atoms with E-state index in [1.54, 1.807) is 26.2 Å². The van der Waals surface area contributed by atoms with Crippen molar-refractivity contribution in [3.8, 4) is 17.6 Å². The van der Waals surface area contributed by atoms with E-state index in [0.717, 1.165) is 36.8 Å². The molecule has 3 rings (SSSR count). The molecule has 0 bridgehead atoms. The number of Topliss-reactive ketones (excluding diaryl/α,β-unsaturated/α-hetero) is 2. The van der Waals surface area contributed by atoms with E-state index < -0.39 is 5.92 Å². The first-order chi connectivity index (χ1) is 15.0. The Hall–Kier alpha value is -3.13. The van der Waals surface area contributed by atoms with Crippen molar-refractivity contribution < 1.29 is 23.9 Å². The number of hydrogen-bond acceptors (Lipinski definition) is 5. The van der Waals surface area contributed by atoms with Gasteiger partial charge in [-0.3, -0.25) is 14.4 Å². The van der Waals surface area contributed by atoms with E-state index >= 15 is 0 Å². The quantitative estimate of drug-likeness (QED) is 0.485. The van der Waals surface area contributed by atoms with Crippen molar-refractivity contribution in [2.75, 3.05) is 13.7 Å². The first kappa shape index (κ1) is 22.6. The fraction of sp³-hybridized carbons (Fsp3) is 0.423. The van der Waals surface area contributed by atoms with Gasteiger partial charge in [0.2, 0.25) is 5.78 Å². The molecule has 0 aliphatic heterocycles. The van der Waals surface area contributed by atoms with Gasteiger partial charge >= 0.3 is 5.97 Å². The highest BCUT2D eigenvalue weighted by molar-refractivity contribution is 6.08. The predicted octanol–water partition coefficient (Wildman–Crippen LogP) is 4.35. The van der Waals surface area contributed by atoms with Gasteiger partial charge in [-0.05, 0) is 68.2 Å². The summed E-state index contributed by atoms with van der Waals surface area (Å²) in [4.78, 5) is 37.8. The molecule has 31 heavy (non-hydrogen) atoms. The lowest BCUT2D eigenvalue weighted by molar-refractivity contribution is -0.142. The van der Waals surface area contributed by atoms with Crippen LogP contribution in [0.25, 0.3) is 0 Å². The zero-order valence-corrected chi connectivity index (χ0v) is 18.2. The minimum Gasteiger partial charge on any atom is -0.495 e. The Kier molecular flexibility index (Phi) is 7.83. The van der Waals surface area contributed by atoms with E-state index in [9.17, 15) is 14.4 Å². The van der Waals surface area contributed by atoms with E-state index in [1.807, 2.05) is 12.1 Å². The normalized spacial score (nSPS) is 18.2. The fourth-order valence-electron chi connectivity index (χ4n) is 4.19. The molecule has 5 nitrogen and oxygen atoms in total. The lowest BCUT2D eigenvalue weighted by Gasteiger charge is -2.15. The van der Waals surface area contributed by atoms with Gasteiger partial charge < -0.3 is 9.47 Å². The van der Waals surface area contributed by atoms with Crippen molar-refractivity contribution in [3.63, 3.8) is 0 Å². The molecule has 5 heteroatoms. The smallest absolute Gasteiger partial charge is 0.309 e. The Bertz CT molecular complexity index is 987. The summed E-state index contributed by atoms with van der Waals surface area (Å²) in [5, 5.41) is 0. The summed E-state index contributed by atoms with van der Waals surface area (Å²) in [7, 11) is 1.55. The summed E-state index contributed by atoms with van der Waals surface area (Å²) in [6.07, 6.45) is 6.57.